The molecule has 33 heavy (non-hydrogen) atoms. The van der Waals surface area contributed by atoms with Gasteiger partial charge < -0.3 is 15.8 Å². The summed E-state index contributed by atoms with van der Waals surface area (Å²) in [6.07, 6.45) is 1.68. The Kier molecular flexibility index (Phi) is 5.39. The Morgan fingerprint density at radius 3 is 2.42 bits per heavy atom. The first kappa shape index (κ1) is 22.0. The lowest BCUT2D eigenvalue weighted by molar-refractivity contribution is 0.0772. The van der Waals surface area contributed by atoms with Gasteiger partial charge in [-0.15, -0.1) is 0 Å². The average molecular weight is 443 g/mol. The van der Waals surface area contributed by atoms with Crippen LogP contribution in [0.1, 0.15) is 36.4 Å². The molecule has 0 radical (unpaired) electrons. The maximum atomic E-state index is 10.6. The molecule has 4 N–H and O–H groups in total. The first-order chi connectivity index (χ1) is 15.6. The van der Waals surface area contributed by atoms with Crippen LogP contribution in [0.5, 0.6) is 0 Å². The van der Waals surface area contributed by atoms with Crippen molar-refractivity contribution in [3.05, 3.63) is 65.1 Å². The van der Waals surface area contributed by atoms with Gasteiger partial charge in [0, 0.05) is 41.5 Å². The highest BCUT2D eigenvalue weighted by molar-refractivity contribution is 5.91. The van der Waals surface area contributed by atoms with Gasteiger partial charge >= 0.3 is 0 Å². The minimum Gasteiger partial charge on any atom is -0.386 e. The van der Waals surface area contributed by atoms with Gasteiger partial charge in [-0.2, -0.15) is 15.5 Å². The Morgan fingerprint density at radius 1 is 1.12 bits per heavy atom. The van der Waals surface area contributed by atoms with E-state index in [1.807, 2.05) is 39.1 Å². The Bertz CT molecular complexity index is 1440. The van der Waals surface area contributed by atoms with Crippen LogP contribution in [0.4, 0.5) is 5.82 Å². The van der Waals surface area contributed by atoms with Crippen molar-refractivity contribution >= 4 is 16.9 Å². The number of aromatic amines is 1. The monoisotopic (exact) mass is 442 g/mol. The van der Waals surface area contributed by atoms with Gasteiger partial charge in [-0.05, 0) is 45.9 Å². The lowest BCUT2D eigenvalue weighted by atomic mass is 9.96. The van der Waals surface area contributed by atoms with Crippen LogP contribution in [-0.4, -0.2) is 34.6 Å². The van der Waals surface area contributed by atoms with Crippen LogP contribution in [0.25, 0.3) is 28.1 Å². The number of nitrogens with zero attached hydrogens (tertiary/aromatic N) is 6. The van der Waals surface area contributed by atoms with E-state index in [1.54, 1.807) is 47.6 Å². The third-order valence-corrected chi connectivity index (χ3v) is 5.49. The molecule has 0 amide bonds. The van der Waals surface area contributed by atoms with Gasteiger partial charge in [-0.1, -0.05) is 12.1 Å². The summed E-state index contributed by atoms with van der Waals surface area (Å²) in [4.78, 5) is 7.77. The summed E-state index contributed by atoms with van der Waals surface area (Å²) in [5, 5.41) is 29.6. The molecular weight excluding hydrogens is 416 g/mol. The first-order valence-corrected chi connectivity index (χ1v) is 10.5. The summed E-state index contributed by atoms with van der Waals surface area (Å²) < 4.78 is 3.44. The number of nitrogens with one attached hydrogen (secondary N) is 1. The van der Waals surface area contributed by atoms with Gasteiger partial charge in [-0.3, -0.25) is 4.68 Å². The third kappa shape index (κ3) is 4.04. The van der Waals surface area contributed by atoms with E-state index in [1.165, 1.54) is 0 Å². The second kappa shape index (κ2) is 8.07. The molecule has 0 saturated heterocycles. The van der Waals surface area contributed by atoms with Gasteiger partial charge in [0.2, 0.25) is 0 Å². The fourth-order valence-electron chi connectivity index (χ4n) is 4.24. The van der Waals surface area contributed by atoms with Gasteiger partial charge in [-0.25, -0.2) is 9.67 Å². The number of nitrogen functional groups attached to an aromatic ring is 1. The molecular formula is C24H26N8O. The van der Waals surface area contributed by atoms with Crippen LogP contribution in [0.2, 0.25) is 0 Å². The summed E-state index contributed by atoms with van der Waals surface area (Å²) in [7, 11) is 1.85. The summed E-state index contributed by atoms with van der Waals surface area (Å²) in [5.41, 5.74) is 10.5. The highest BCUT2D eigenvalue weighted by Crippen LogP contribution is 2.29. The van der Waals surface area contributed by atoms with Crippen molar-refractivity contribution in [3.8, 4) is 23.1 Å². The molecule has 3 aromatic heterocycles. The van der Waals surface area contributed by atoms with Crippen LogP contribution >= 0.6 is 0 Å². The summed E-state index contributed by atoms with van der Waals surface area (Å²) in [5.74, 6) is 0.849. The third-order valence-electron chi connectivity index (χ3n) is 5.49. The minimum atomic E-state index is -1.04. The maximum absolute atomic E-state index is 10.6. The molecule has 0 aliphatic heterocycles. The van der Waals surface area contributed by atoms with Crippen molar-refractivity contribution in [2.75, 3.05) is 5.73 Å². The van der Waals surface area contributed by atoms with E-state index in [9.17, 15) is 5.11 Å². The van der Waals surface area contributed by atoms with E-state index >= 15 is 0 Å². The van der Waals surface area contributed by atoms with Crippen molar-refractivity contribution in [1.82, 2.24) is 29.5 Å². The second-order valence-corrected chi connectivity index (χ2v) is 8.47. The number of hydrogen-bond donors (Lipinski definition) is 3. The van der Waals surface area contributed by atoms with E-state index < -0.39 is 5.60 Å². The molecule has 4 aromatic rings. The van der Waals surface area contributed by atoms with Gasteiger partial charge in [0.1, 0.15) is 5.82 Å². The topological polar surface area (TPSA) is 134 Å². The lowest BCUT2D eigenvalue weighted by Crippen LogP contribution is -2.17. The fraction of sp³-hybridized carbons (Fsp3) is 0.250. The highest BCUT2D eigenvalue weighted by atomic mass is 16.3. The van der Waals surface area contributed by atoms with Gasteiger partial charge in [0.25, 0.3) is 0 Å². The van der Waals surface area contributed by atoms with Crippen molar-refractivity contribution in [2.24, 2.45) is 7.05 Å². The molecule has 9 nitrogen and oxygen atoms in total. The van der Waals surface area contributed by atoms with Crippen molar-refractivity contribution < 1.29 is 5.11 Å². The molecule has 0 saturated carbocycles. The van der Waals surface area contributed by atoms with Gasteiger partial charge in [0.15, 0.2) is 11.5 Å². The maximum Gasteiger partial charge on any atom is 0.161 e. The van der Waals surface area contributed by atoms with E-state index in [-0.39, 0.29) is 0 Å². The molecule has 168 valence electrons. The molecule has 0 aliphatic carbocycles. The standard InChI is InChI=1S/C24H26N8O/c1-14-21(24(3,4)33)15(2)32(29-14)20-12-19(26)28-23-18(10-11-27-20)22(31(5)30-23)17-8-6-16(13-25)7-9-17/h6-12,33H,26H2,1-5H3,(H,28,30). The molecule has 0 fully saturated rings. The van der Waals surface area contributed by atoms with Crippen LogP contribution in [0, 0.1) is 25.2 Å². The second-order valence-electron chi connectivity index (χ2n) is 8.47. The number of benzene rings is 1. The number of anilines is 1. The summed E-state index contributed by atoms with van der Waals surface area (Å²) in [6.45, 7) is 7.22. The molecule has 4 rings (SSSR count). The van der Waals surface area contributed by atoms with Crippen molar-refractivity contribution in [1.29, 1.82) is 5.26 Å². The summed E-state index contributed by atoms with van der Waals surface area (Å²) >= 11 is 0. The van der Waals surface area contributed by atoms with E-state index in [2.05, 4.69) is 26.2 Å². The number of aryl methyl sites for hydroxylation is 2. The molecule has 0 spiro atoms. The fourth-order valence-corrected chi connectivity index (χ4v) is 4.24. The largest absolute Gasteiger partial charge is 0.386 e. The van der Waals surface area contributed by atoms with Crippen LogP contribution in [0.15, 0.2) is 42.6 Å². The Hall–Kier alpha value is -4.16. The number of H-pyrrole nitrogens is 1. The lowest BCUT2D eigenvalue weighted by Gasteiger charge is -2.17. The number of nitriles is 1. The normalized spacial score (nSPS) is 11.4. The molecule has 3 heterocycles. The molecule has 0 aliphatic rings. The number of nitrogens with two attached hydrogens (primary N) is 1. The van der Waals surface area contributed by atoms with E-state index in [0.29, 0.717) is 22.8 Å². The van der Waals surface area contributed by atoms with Crippen LogP contribution < -0.4 is 5.73 Å². The Labute approximate surface area is 191 Å². The molecule has 0 unspecified atom stereocenters. The molecule has 9 heteroatoms. The Balaban J connectivity index is 1.93. The minimum absolute atomic E-state index is 0.348. The summed E-state index contributed by atoms with van der Waals surface area (Å²) in [6, 6.07) is 13.0. The number of fused-ring (bicyclic) bond motifs is 1. The quantitative estimate of drug-likeness (QED) is 0.444. The zero-order valence-electron chi connectivity index (χ0n) is 19.2. The smallest absolute Gasteiger partial charge is 0.161 e. The van der Waals surface area contributed by atoms with E-state index in [4.69, 9.17) is 11.0 Å². The number of aliphatic hydroxyl groups is 1. The van der Waals surface area contributed by atoms with Gasteiger partial charge in [0.05, 0.1) is 28.6 Å². The highest BCUT2D eigenvalue weighted by Gasteiger charge is 2.26. The van der Waals surface area contributed by atoms with E-state index in [0.717, 1.165) is 33.6 Å². The average Bonchev–Trinajstić information content (AvgIpc) is 3.23. The van der Waals surface area contributed by atoms with Crippen molar-refractivity contribution in [2.45, 2.75) is 33.3 Å². The Morgan fingerprint density at radius 2 is 1.82 bits per heavy atom. The predicted octanol–water partition coefficient (Wildman–Crippen LogP) is 3.57. The zero-order valence-corrected chi connectivity index (χ0v) is 19.2. The van der Waals surface area contributed by atoms with Crippen molar-refractivity contribution in [3.63, 3.8) is 0 Å². The molecule has 0 bridgehead atoms. The predicted molar refractivity (Wildman–Crippen MR) is 127 cm³/mol. The molecule has 0 atom stereocenters. The SMILES string of the molecule is Cc1nn(-c2cc(N)[nH]c3nn(C)c(-c4ccc(C#N)cc4)c3ccn2)c(C)c1C(C)(C)O. The van der Waals surface area contributed by atoms with Crippen LogP contribution in [0.3, 0.4) is 0 Å². The number of hydrogen-bond acceptors (Lipinski definition) is 6. The van der Waals surface area contributed by atoms with Crippen LogP contribution in [-0.2, 0) is 12.6 Å². The number of aromatic nitrogens is 6. The number of rotatable bonds is 3. The zero-order chi connectivity index (χ0) is 23.9. The first-order valence-electron chi connectivity index (χ1n) is 10.5. The molecule has 1 aromatic carbocycles.